The van der Waals surface area contributed by atoms with Crippen molar-refractivity contribution in [1.82, 2.24) is 15.1 Å². The molecule has 2 aromatic carbocycles. The number of carbonyl (C=O) groups excluding carboxylic acids is 1. The molecule has 6 heteroatoms. The zero-order valence-corrected chi connectivity index (χ0v) is 16.6. The van der Waals surface area contributed by atoms with Crippen molar-refractivity contribution in [3.05, 3.63) is 103 Å². The molecular weight excluding hydrogens is 390 g/mol. The molecule has 31 heavy (non-hydrogen) atoms. The van der Waals surface area contributed by atoms with Crippen molar-refractivity contribution in [2.75, 3.05) is 0 Å². The third-order valence-corrected chi connectivity index (χ3v) is 4.85. The van der Waals surface area contributed by atoms with Gasteiger partial charge in [0.1, 0.15) is 17.0 Å². The van der Waals surface area contributed by atoms with E-state index in [4.69, 9.17) is 13.9 Å². The molecule has 0 unspecified atom stereocenters. The van der Waals surface area contributed by atoms with Crippen LogP contribution in [0.5, 0.6) is 0 Å². The summed E-state index contributed by atoms with van der Waals surface area (Å²) in [7, 11) is 0. The maximum atomic E-state index is 12.3. The van der Waals surface area contributed by atoms with Gasteiger partial charge in [-0.25, -0.2) is 4.68 Å². The number of aromatic nitrogens is 2. The second-order valence-corrected chi connectivity index (χ2v) is 6.99. The molecule has 152 valence electrons. The number of para-hydroxylation sites is 2. The maximum Gasteiger partial charge on any atom is 0.244 e. The van der Waals surface area contributed by atoms with Crippen molar-refractivity contribution in [2.24, 2.45) is 0 Å². The van der Waals surface area contributed by atoms with Gasteiger partial charge in [-0.3, -0.25) is 4.79 Å². The number of furan rings is 2. The molecule has 0 aliphatic carbocycles. The third-order valence-electron chi connectivity index (χ3n) is 4.85. The van der Waals surface area contributed by atoms with E-state index >= 15 is 0 Å². The summed E-state index contributed by atoms with van der Waals surface area (Å²) in [6.45, 7) is 0.329. The quantitative estimate of drug-likeness (QED) is 0.391. The molecular formula is C25H19N3O3. The van der Waals surface area contributed by atoms with Gasteiger partial charge in [-0.15, -0.1) is 0 Å². The second kappa shape index (κ2) is 8.20. The average Bonchev–Trinajstić information content (AvgIpc) is 3.56. The summed E-state index contributed by atoms with van der Waals surface area (Å²) in [4.78, 5) is 12.3. The SMILES string of the molecule is O=C(C=Cc1cn(-c2ccccc2)nc1-c1cc2ccccc2o1)NCc1ccco1. The van der Waals surface area contributed by atoms with Crippen molar-refractivity contribution >= 4 is 23.0 Å². The van der Waals surface area contributed by atoms with Crippen LogP contribution in [0.15, 0.2) is 100 Å². The summed E-state index contributed by atoms with van der Waals surface area (Å²) in [5, 5.41) is 8.54. The van der Waals surface area contributed by atoms with E-state index in [1.165, 1.54) is 6.08 Å². The van der Waals surface area contributed by atoms with Gasteiger partial charge in [-0.2, -0.15) is 5.10 Å². The molecule has 3 aromatic heterocycles. The molecule has 6 nitrogen and oxygen atoms in total. The monoisotopic (exact) mass is 409 g/mol. The first kappa shape index (κ1) is 18.7. The minimum atomic E-state index is -0.223. The summed E-state index contributed by atoms with van der Waals surface area (Å²) in [5.41, 5.74) is 3.14. The van der Waals surface area contributed by atoms with E-state index in [0.717, 1.165) is 22.2 Å². The number of nitrogens with zero attached hydrogens (tertiary/aromatic N) is 2. The Morgan fingerprint density at radius 1 is 1.03 bits per heavy atom. The van der Waals surface area contributed by atoms with E-state index in [0.29, 0.717) is 23.8 Å². The van der Waals surface area contributed by atoms with E-state index in [1.54, 1.807) is 23.1 Å². The van der Waals surface area contributed by atoms with Gasteiger partial charge < -0.3 is 14.2 Å². The fraction of sp³-hybridized carbons (Fsp3) is 0.0400. The van der Waals surface area contributed by atoms with Crippen LogP contribution in [0.4, 0.5) is 0 Å². The lowest BCUT2D eigenvalue weighted by Gasteiger charge is -1.98. The molecule has 0 aliphatic rings. The van der Waals surface area contributed by atoms with Crippen LogP contribution in [-0.4, -0.2) is 15.7 Å². The number of fused-ring (bicyclic) bond motifs is 1. The van der Waals surface area contributed by atoms with Crippen molar-refractivity contribution in [2.45, 2.75) is 6.54 Å². The van der Waals surface area contributed by atoms with E-state index in [1.807, 2.05) is 72.9 Å². The number of nitrogens with one attached hydrogen (secondary N) is 1. The Bertz CT molecular complexity index is 1310. The number of hydrogen-bond donors (Lipinski definition) is 1. The molecule has 0 spiro atoms. The Morgan fingerprint density at radius 2 is 1.87 bits per heavy atom. The molecule has 0 saturated carbocycles. The van der Waals surface area contributed by atoms with Crippen LogP contribution >= 0.6 is 0 Å². The van der Waals surface area contributed by atoms with Gasteiger partial charge in [0.15, 0.2) is 5.76 Å². The van der Waals surface area contributed by atoms with Crippen LogP contribution in [0.2, 0.25) is 0 Å². The number of benzene rings is 2. The van der Waals surface area contributed by atoms with Gasteiger partial charge in [-0.05, 0) is 42.5 Å². The fourth-order valence-electron chi connectivity index (χ4n) is 3.32. The number of rotatable bonds is 6. The molecule has 0 fully saturated rings. The highest BCUT2D eigenvalue weighted by atomic mass is 16.3. The van der Waals surface area contributed by atoms with Crippen LogP contribution < -0.4 is 5.32 Å². The number of amides is 1. The lowest BCUT2D eigenvalue weighted by Crippen LogP contribution is -2.19. The summed E-state index contributed by atoms with van der Waals surface area (Å²) in [6.07, 6.45) is 6.69. The molecule has 0 aliphatic heterocycles. The van der Waals surface area contributed by atoms with Crippen LogP contribution in [0.3, 0.4) is 0 Å². The molecule has 3 heterocycles. The Kier molecular flexibility index (Phi) is 4.94. The molecule has 1 amide bonds. The predicted octanol–water partition coefficient (Wildman–Crippen LogP) is 5.21. The van der Waals surface area contributed by atoms with E-state index < -0.39 is 0 Å². The van der Waals surface area contributed by atoms with E-state index in [9.17, 15) is 4.79 Å². The van der Waals surface area contributed by atoms with Gasteiger partial charge >= 0.3 is 0 Å². The Morgan fingerprint density at radius 3 is 2.68 bits per heavy atom. The number of hydrogen-bond acceptors (Lipinski definition) is 4. The molecule has 5 rings (SSSR count). The van der Waals surface area contributed by atoms with Gasteiger partial charge in [0.2, 0.25) is 5.91 Å². The molecule has 0 saturated heterocycles. The smallest absolute Gasteiger partial charge is 0.244 e. The maximum absolute atomic E-state index is 12.3. The summed E-state index contributed by atoms with van der Waals surface area (Å²) in [6, 6.07) is 23.2. The predicted molar refractivity (Wildman–Crippen MR) is 118 cm³/mol. The van der Waals surface area contributed by atoms with Crippen molar-refractivity contribution in [3.63, 3.8) is 0 Å². The van der Waals surface area contributed by atoms with Gasteiger partial charge in [-0.1, -0.05) is 36.4 Å². The molecule has 0 atom stereocenters. The first-order chi connectivity index (χ1) is 15.3. The zero-order valence-electron chi connectivity index (χ0n) is 16.6. The lowest BCUT2D eigenvalue weighted by molar-refractivity contribution is -0.116. The lowest BCUT2D eigenvalue weighted by atomic mass is 10.2. The van der Waals surface area contributed by atoms with Crippen LogP contribution in [0.25, 0.3) is 34.2 Å². The Labute approximate surface area is 178 Å². The summed E-state index contributed by atoms with van der Waals surface area (Å²) >= 11 is 0. The van der Waals surface area contributed by atoms with Crippen molar-refractivity contribution in [1.29, 1.82) is 0 Å². The standard InChI is InChI=1S/C25H19N3O3/c29-24(26-16-21-10-6-14-30-21)13-12-19-17-28(20-8-2-1-3-9-20)27-25(19)23-15-18-7-4-5-11-22(18)31-23/h1-15,17H,16H2,(H,26,29). The topological polar surface area (TPSA) is 73.2 Å². The highest BCUT2D eigenvalue weighted by Gasteiger charge is 2.15. The van der Waals surface area contributed by atoms with Crippen molar-refractivity contribution < 1.29 is 13.6 Å². The molecule has 5 aromatic rings. The minimum Gasteiger partial charge on any atom is -0.467 e. The number of carbonyl (C=O) groups is 1. The summed E-state index contributed by atoms with van der Waals surface area (Å²) < 4.78 is 13.0. The first-order valence-corrected chi connectivity index (χ1v) is 9.88. The summed E-state index contributed by atoms with van der Waals surface area (Å²) in [5.74, 6) is 1.12. The highest BCUT2D eigenvalue weighted by molar-refractivity contribution is 5.93. The largest absolute Gasteiger partial charge is 0.467 e. The Balaban J connectivity index is 1.47. The second-order valence-electron chi connectivity index (χ2n) is 6.99. The third kappa shape index (κ3) is 4.04. The molecule has 1 N–H and O–H groups in total. The first-order valence-electron chi connectivity index (χ1n) is 9.88. The van der Waals surface area contributed by atoms with Gasteiger partial charge in [0.05, 0.1) is 18.5 Å². The van der Waals surface area contributed by atoms with E-state index in [-0.39, 0.29) is 5.91 Å². The van der Waals surface area contributed by atoms with Gasteiger partial charge in [0.25, 0.3) is 0 Å². The van der Waals surface area contributed by atoms with Crippen molar-refractivity contribution in [3.8, 4) is 17.1 Å². The van der Waals surface area contributed by atoms with Crippen LogP contribution in [0.1, 0.15) is 11.3 Å². The zero-order chi connectivity index (χ0) is 21.0. The van der Waals surface area contributed by atoms with Crippen LogP contribution in [-0.2, 0) is 11.3 Å². The van der Waals surface area contributed by atoms with E-state index in [2.05, 4.69) is 5.32 Å². The normalized spacial score (nSPS) is 11.4. The molecule has 0 bridgehead atoms. The average molecular weight is 409 g/mol. The Hall–Kier alpha value is -4.32. The van der Waals surface area contributed by atoms with Crippen LogP contribution in [0, 0.1) is 0 Å². The van der Waals surface area contributed by atoms with Gasteiger partial charge in [0, 0.05) is 23.2 Å². The minimum absolute atomic E-state index is 0.223. The highest BCUT2D eigenvalue weighted by Crippen LogP contribution is 2.30. The molecule has 0 radical (unpaired) electrons. The fourth-order valence-corrected chi connectivity index (χ4v) is 3.32.